The summed E-state index contributed by atoms with van der Waals surface area (Å²) in [5.74, 6) is 0.820. The number of aryl methyl sites for hydroxylation is 1. The first-order chi connectivity index (χ1) is 10.0. The Morgan fingerprint density at radius 2 is 2.10 bits per heavy atom. The molecule has 1 aromatic carbocycles. The molecule has 1 aliphatic rings. The fourth-order valence-electron chi connectivity index (χ4n) is 2.99. The van der Waals surface area contributed by atoms with Gasteiger partial charge in [0.25, 0.3) is 5.91 Å². The molecule has 0 aliphatic heterocycles. The van der Waals surface area contributed by atoms with E-state index in [9.17, 15) is 4.79 Å². The third-order valence-corrected chi connectivity index (χ3v) is 4.75. The van der Waals surface area contributed by atoms with Crippen molar-refractivity contribution in [2.75, 3.05) is 6.54 Å². The number of halogens is 1. The van der Waals surface area contributed by atoms with Crippen molar-refractivity contribution >= 4 is 21.8 Å². The summed E-state index contributed by atoms with van der Waals surface area (Å²) in [5.41, 5.74) is 1.16. The molecule has 0 radical (unpaired) electrons. The molecule has 1 amide bonds. The fourth-order valence-corrected chi connectivity index (χ4v) is 3.57. The Balaban J connectivity index is 2.03. The van der Waals surface area contributed by atoms with Gasteiger partial charge in [-0.25, -0.2) is 0 Å². The molecular formula is C17H24BrNO2. The normalized spacial score (nSPS) is 16.8. The molecule has 0 bridgehead atoms. The highest BCUT2D eigenvalue weighted by Crippen LogP contribution is 2.28. The second-order valence-electron chi connectivity index (χ2n) is 5.76. The van der Waals surface area contributed by atoms with Crippen LogP contribution in [0.25, 0.3) is 0 Å². The standard InChI is InChI=1S/C17H24BrNO2/c1-4-19(14-7-5-6-8-14)17(20)13(3)21-16-10-9-12(2)11-15(16)18/h9-11,13-14H,4-8H2,1-3H3. The maximum absolute atomic E-state index is 12.6. The molecule has 0 heterocycles. The summed E-state index contributed by atoms with van der Waals surface area (Å²) in [5, 5.41) is 0. The molecule has 2 rings (SSSR count). The van der Waals surface area contributed by atoms with E-state index in [-0.39, 0.29) is 5.91 Å². The number of hydrogen-bond donors (Lipinski definition) is 0. The van der Waals surface area contributed by atoms with E-state index in [0.29, 0.717) is 6.04 Å². The number of benzene rings is 1. The van der Waals surface area contributed by atoms with E-state index in [1.54, 1.807) is 0 Å². The summed E-state index contributed by atoms with van der Waals surface area (Å²) in [6.07, 6.45) is 4.26. The molecule has 4 heteroatoms. The van der Waals surface area contributed by atoms with Gasteiger partial charge in [0.15, 0.2) is 6.10 Å². The van der Waals surface area contributed by atoms with Crippen molar-refractivity contribution in [1.29, 1.82) is 0 Å². The first-order valence-corrected chi connectivity index (χ1v) is 8.55. The van der Waals surface area contributed by atoms with Gasteiger partial charge in [-0.1, -0.05) is 18.9 Å². The van der Waals surface area contributed by atoms with Crippen LogP contribution in [0, 0.1) is 6.92 Å². The zero-order valence-electron chi connectivity index (χ0n) is 13.1. The third kappa shape index (κ3) is 4.00. The molecule has 1 aromatic rings. The van der Waals surface area contributed by atoms with Crippen molar-refractivity contribution in [3.8, 4) is 5.75 Å². The zero-order valence-corrected chi connectivity index (χ0v) is 14.6. The highest BCUT2D eigenvalue weighted by Gasteiger charge is 2.29. The van der Waals surface area contributed by atoms with E-state index in [4.69, 9.17) is 4.74 Å². The van der Waals surface area contributed by atoms with Gasteiger partial charge in [0, 0.05) is 12.6 Å². The van der Waals surface area contributed by atoms with Gasteiger partial charge >= 0.3 is 0 Å². The Labute approximate surface area is 135 Å². The average molecular weight is 354 g/mol. The summed E-state index contributed by atoms with van der Waals surface area (Å²) in [4.78, 5) is 14.6. The van der Waals surface area contributed by atoms with E-state index in [1.807, 2.05) is 43.9 Å². The quantitative estimate of drug-likeness (QED) is 0.788. The van der Waals surface area contributed by atoms with Crippen LogP contribution in [0.2, 0.25) is 0 Å². The minimum atomic E-state index is -0.454. The van der Waals surface area contributed by atoms with Crippen LogP contribution in [0.1, 0.15) is 45.1 Å². The van der Waals surface area contributed by atoms with E-state index in [0.717, 1.165) is 35.2 Å². The highest BCUT2D eigenvalue weighted by atomic mass is 79.9. The van der Waals surface area contributed by atoms with Gasteiger partial charge in [-0.05, 0) is 67.2 Å². The Kier molecular flexibility index (Phi) is 5.68. The Morgan fingerprint density at radius 3 is 2.67 bits per heavy atom. The number of ether oxygens (including phenoxy) is 1. The Bertz CT molecular complexity index is 498. The predicted molar refractivity (Wildman–Crippen MR) is 88.6 cm³/mol. The number of carbonyl (C=O) groups excluding carboxylic acids is 1. The molecule has 1 saturated carbocycles. The molecule has 0 N–H and O–H groups in total. The summed E-state index contributed by atoms with van der Waals surface area (Å²) < 4.78 is 6.76. The predicted octanol–water partition coefficient (Wildman–Crippen LogP) is 4.32. The fraction of sp³-hybridized carbons (Fsp3) is 0.588. The minimum absolute atomic E-state index is 0.0943. The monoisotopic (exact) mass is 353 g/mol. The lowest BCUT2D eigenvalue weighted by Crippen LogP contribution is -2.45. The van der Waals surface area contributed by atoms with Crippen molar-refractivity contribution in [1.82, 2.24) is 4.90 Å². The molecule has 1 aliphatic carbocycles. The van der Waals surface area contributed by atoms with Crippen LogP contribution < -0.4 is 4.74 Å². The molecule has 0 saturated heterocycles. The molecule has 0 spiro atoms. The van der Waals surface area contributed by atoms with E-state index in [1.165, 1.54) is 12.8 Å². The van der Waals surface area contributed by atoms with Gasteiger partial charge in [-0.3, -0.25) is 4.79 Å². The summed E-state index contributed by atoms with van der Waals surface area (Å²) >= 11 is 3.50. The summed E-state index contributed by atoms with van der Waals surface area (Å²) in [6.45, 7) is 6.67. The van der Waals surface area contributed by atoms with Gasteiger partial charge < -0.3 is 9.64 Å². The topological polar surface area (TPSA) is 29.5 Å². The third-order valence-electron chi connectivity index (χ3n) is 4.13. The Morgan fingerprint density at radius 1 is 1.43 bits per heavy atom. The van der Waals surface area contributed by atoms with Crippen molar-refractivity contribution < 1.29 is 9.53 Å². The molecule has 0 aromatic heterocycles. The van der Waals surface area contributed by atoms with Gasteiger partial charge in [-0.2, -0.15) is 0 Å². The number of likely N-dealkylation sites (N-methyl/N-ethyl adjacent to an activating group) is 1. The number of amides is 1. The largest absolute Gasteiger partial charge is 0.480 e. The van der Waals surface area contributed by atoms with Crippen LogP contribution >= 0.6 is 15.9 Å². The second-order valence-corrected chi connectivity index (χ2v) is 6.61. The van der Waals surface area contributed by atoms with E-state index < -0.39 is 6.10 Å². The van der Waals surface area contributed by atoms with Crippen LogP contribution in [0.4, 0.5) is 0 Å². The van der Waals surface area contributed by atoms with Crippen molar-refractivity contribution in [3.05, 3.63) is 28.2 Å². The first kappa shape index (κ1) is 16.3. The van der Waals surface area contributed by atoms with Crippen molar-refractivity contribution in [2.45, 2.75) is 58.6 Å². The maximum Gasteiger partial charge on any atom is 0.263 e. The second kappa shape index (κ2) is 7.30. The molecule has 1 atom stereocenters. The number of hydrogen-bond acceptors (Lipinski definition) is 2. The van der Waals surface area contributed by atoms with Gasteiger partial charge in [0.05, 0.1) is 4.47 Å². The van der Waals surface area contributed by atoms with E-state index in [2.05, 4.69) is 15.9 Å². The molecule has 3 nitrogen and oxygen atoms in total. The van der Waals surface area contributed by atoms with Crippen LogP contribution in [0.5, 0.6) is 5.75 Å². The molecule has 1 unspecified atom stereocenters. The number of nitrogens with zero attached hydrogens (tertiary/aromatic N) is 1. The summed E-state index contributed by atoms with van der Waals surface area (Å²) in [6, 6.07) is 6.30. The number of rotatable bonds is 5. The molecule has 116 valence electrons. The summed E-state index contributed by atoms with van der Waals surface area (Å²) in [7, 11) is 0. The lowest BCUT2D eigenvalue weighted by molar-refractivity contribution is -0.140. The van der Waals surface area contributed by atoms with Crippen LogP contribution in [-0.4, -0.2) is 29.5 Å². The minimum Gasteiger partial charge on any atom is -0.480 e. The SMILES string of the molecule is CCN(C(=O)C(C)Oc1ccc(C)cc1Br)C1CCCC1. The van der Waals surface area contributed by atoms with E-state index >= 15 is 0 Å². The van der Waals surface area contributed by atoms with Gasteiger partial charge in [-0.15, -0.1) is 0 Å². The molecule has 1 fully saturated rings. The first-order valence-electron chi connectivity index (χ1n) is 7.76. The van der Waals surface area contributed by atoms with Crippen molar-refractivity contribution in [2.24, 2.45) is 0 Å². The van der Waals surface area contributed by atoms with Crippen LogP contribution in [0.15, 0.2) is 22.7 Å². The van der Waals surface area contributed by atoms with Crippen LogP contribution in [-0.2, 0) is 4.79 Å². The lowest BCUT2D eigenvalue weighted by Gasteiger charge is -2.30. The zero-order chi connectivity index (χ0) is 15.4. The average Bonchev–Trinajstić information content (AvgIpc) is 2.96. The smallest absolute Gasteiger partial charge is 0.263 e. The molecular weight excluding hydrogens is 330 g/mol. The van der Waals surface area contributed by atoms with Gasteiger partial charge in [0.1, 0.15) is 5.75 Å². The molecule has 21 heavy (non-hydrogen) atoms. The lowest BCUT2D eigenvalue weighted by atomic mass is 10.2. The maximum atomic E-state index is 12.6. The number of carbonyl (C=O) groups is 1. The van der Waals surface area contributed by atoms with Gasteiger partial charge in [0.2, 0.25) is 0 Å². The van der Waals surface area contributed by atoms with Crippen LogP contribution in [0.3, 0.4) is 0 Å². The Hall–Kier alpha value is -1.03. The highest BCUT2D eigenvalue weighted by molar-refractivity contribution is 9.10. The van der Waals surface area contributed by atoms with Crippen molar-refractivity contribution in [3.63, 3.8) is 0 Å².